The zero-order chi connectivity index (χ0) is 20.2. The number of carboxylic acid groups (broad SMARTS) is 1. The van der Waals surface area contributed by atoms with E-state index in [0.717, 1.165) is 5.56 Å². The van der Waals surface area contributed by atoms with Gasteiger partial charge in [-0.3, -0.25) is 9.59 Å². The zero-order valence-corrected chi connectivity index (χ0v) is 16.9. The molecule has 1 atom stereocenters. The third-order valence-corrected chi connectivity index (χ3v) is 7.75. The van der Waals surface area contributed by atoms with Gasteiger partial charge in [-0.25, -0.2) is 8.42 Å². The fraction of sp³-hybridized carbons (Fsp3) is 0.579. The second kappa shape index (κ2) is 8.39. The van der Waals surface area contributed by atoms with Gasteiger partial charge in [0.05, 0.1) is 11.7 Å². The minimum Gasteiger partial charge on any atom is -0.481 e. The van der Waals surface area contributed by atoms with Gasteiger partial charge in [0.25, 0.3) is 0 Å². The van der Waals surface area contributed by atoms with Gasteiger partial charge >= 0.3 is 5.97 Å². The fourth-order valence-electron chi connectivity index (χ4n) is 3.11. The molecule has 1 aliphatic heterocycles. The Morgan fingerprint density at radius 2 is 1.67 bits per heavy atom. The Labute approximate surface area is 160 Å². The summed E-state index contributed by atoms with van der Waals surface area (Å²) in [4.78, 5) is 28.1. The second-order valence-corrected chi connectivity index (χ2v) is 10.2. The van der Waals surface area contributed by atoms with Crippen molar-refractivity contribution in [3.63, 3.8) is 0 Å². The van der Waals surface area contributed by atoms with Crippen LogP contribution in [0.5, 0.6) is 0 Å². The summed E-state index contributed by atoms with van der Waals surface area (Å²) in [5.41, 5.74) is 0.753. The van der Waals surface area contributed by atoms with E-state index in [4.69, 9.17) is 0 Å². The third-order valence-electron chi connectivity index (χ3n) is 5.18. The van der Waals surface area contributed by atoms with Crippen LogP contribution < -0.4 is 0 Å². The number of amides is 1. The van der Waals surface area contributed by atoms with E-state index >= 15 is 0 Å². The first kappa shape index (κ1) is 21.4. The minimum absolute atomic E-state index is 0.105. The van der Waals surface area contributed by atoms with Crippen LogP contribution in [0.25, 0.3) is 0 Å². The first-order chi connectivity index (χ1) is 12.5. The van der Waals surface area contributed by atoms with E-state index in [0.29, 0.717) is 26.2 Å². The Bertz CT molecular complexity index is 769. The Hall–Kier alpha value is -1.93. The average molecular weight is 397 g/mol. The maximum absolute atomic E-state index is 13.0. The summed E-state index contributed by atoms with van der Waals surface area (Å²) in [5.74, 6) is -3.30. The number of carboxylic acids is 1. The SMILES string of the molecule is CN1CCN(C(=O)C(C)(C)S(=O)(=O)C[C@@H](Cc2ccccc2)C(=O)O)CC1. The number of likely N-dealkylation sites (N-methyl/N-ethyl adjacent to an activating group) is 1. The number of carbonyl (C=O) groups is 2. The van der Waals surface area contributed by atoms with E-state index in [1.54, 1.807) is 29.2 Å². The van der Waals surface area contributed by atoms with Crippen LogP contribution in [0, 0.1) is 5.92 Å². The highest BCUT2D eigenvalue weighted by atomic mass is 32.2. The van der Waals surface area contributed by atoms with Crippen molar-refractivity contribution in [2.45, 2.75) is 25.0 Å². The molecule has 1 amide bonds. The van der Waals surface area contributed by atoms with Crippen molar-refractivity contribution in [1.82, 2.24) is 9.80 Å². The number of piperazine rings is 1. The van der Waals surface area contributed by atoms with Crippen molar-refractivity contribution >= 4 is 21.7 Å². The van der Waals surface area contributed by atoms with E-state index < -0.39 is 38.1 Å². The van der Waals surface area contributed by atoms with Crippen molar-refractivity contribution in [2.24, 2.45) is 5.92 Å². The van der Waals surface area contributed by atoms with E-state index in [1.807, 2.05) is 13.1 Å². The molecular weight excluding hydrogens is 368 g/mol. The van der Waals surface area contributed by atoms with Crippen molar-refractivity contribution in [1.29, 1.82) is 0 Å². The van der Waals surface area contributed by atoms with Gasteiger partial charge in [-0.1, -0.05) is 30.3 Å². The quantitative estimate of drug-likeness (QED) is 0.736. The van der Waals surface area contributed by atoms with E-state index in [-0.39, 0.29) is 6.42 Å². The van der Waals surface area contributed by atoms with Crippen LogP contribution in [0.3, 0.4) is 0 Å². The average Bonchev–Trinajstić information content (AvgIpc) is 2.61. The normalized spacial score (nSPS) is 17.5. The largest absolute Gasteiger partial charge is 0.481 e. The zero-order valence-electron chi connectivity index (χ0n) is 16.1. The molecule has 1 aromatic rings. The molecule has 0 aliphatic carbocycles. The molecule has 150 valence electrons. The molecule has 0 spiro atoms. The molecule has 0 unspecified atom stereocenters. The molecule has 1 fully saturated rings. The first-order valence-corrected chi connectivity index (χ1v) is 10.7. The van der Waals surface area contributed by atoms with Crippen LogP contribution in [0.2, 0.25) is 0 Å². The summed E-state index contributed by atoms with van der Waals surface area (Å²) in [6.07, 6.45) is 0.105. The molecule has 7 nitrogen and oxygen atoms in total. The third kappa shape index (κ3) is 5.07. The molecule has 1 N–H and O–H groups in total. The van der Waals surface area contributed by atoms with Crippen molar-refractivity contribution in [3.8, 4) is 0 Å². The number of aliphatic carboxylic acids is 1. The molecule has 0 aromatic heterocycles. The maximum atomic E-state index is 13.0. The van der Waals surface area contributed by atoms with Gasteiger partial charge in [0.15, 0.2) is 9.84 Å². The van der Waals surface area contributed by atoms with Crippen molar-refractivity contribution in [2.75, 3.05) is 39.0 Å². The van der Waals surface area contributed by atoms with Crippen LogP contribution in [0.4, 0.5) is 0 Å². The van der Waals surface area contributed by atoms with Crippen LogP contribution in [0.1, 0.15) is 19.4 Å². The number of benzene rings is 1. The van der Waals surface area contributed by atoms with E-state index in [9.17, 15) is 23.1 Å². The summed E-state index contributed by atoms with van der Waals surface area (Å²) < 4.78 is 24.3. The Morgan fingerprint density at radius 3 is 2.19 bits per heavy atom. The minimum atomic E-state index is -3.97. The summed E-state index contributed by atoms with van der Waals surface area (Å²) in [7, 11) is -2.02. The summed E-state index contributed by atoms with van der Waals surface area (Å²) in [6.45, 7) is 5.08. The molecule has 8 heteroatoms. The number of nitrogens with zero attached hydrogens (tertiary/aromatic N) is 2. The van der Waals surface area contributed by atoms with Gasteiger partial charge in [0.1, 0.15) is 4.75 Å². The smallest absolute Gasteiger partial charge is 0.307 e. The molecule has 2 rings (SSSR count). The molecule has 27 heavy (non-hydrogen) atoms. The number of sulfone groups is 1. The Balaban J connectivity index is 2.16. The van der Waals surface area contributed by atoms with Gasteiger partial charge in [-0.2, -0.15) is 0 Å². The second-order valence-electron chi connectivity index (χ2n) is 7.61. The summed E-state index contributed by atoms with van der Waals surface area (Å²) >= 11 is 0. The molecule has 1 heterocycles. The molecule has 0 radical (unpaired) electrons. The number of hydrogen-bond acceptors (Lipinski definition) is 5. The number of rotatable bonds is 7. The number of carbonyl (C=O) groups excluding carboxylic acids is 1. The van der Waals surface area contributed by atoms with Crippen LogP contribution in [-0.4, -0.2) is 78.9 Å². The molecular formula is C19H28N2O5S. The highest BCUT2D eigenvalue weighted by molar-refractivity contribution is 7.93. The van der Waals surface area contributed by atoms with Crippen LogP contribution in [-0.2, 0) is 25.8 Å². The lowest BCUT2D eigenvalue weighted by Crippen LogP contribution is -2.56. The van der Waals surface area contributed by atoms with E-state index in [2.05, 4.69) is 4.90 Å². The lowest BCUT2D eigenvalue weighted by molar-refractivity contribution is -0.141. The van der Waals surface area contributed by atoms with E-state index in [1.165, 1.54) is 13.8 Å². The lowest BCUT2D eigenvalue weighted by atomic mass is 10.0. The van der Waals surface area contributed by atoms with Crippen LogP contribution >= 0.6 is 0 Å². The van der Waals surface area contributed by atoms with Crippen LogP contribution in [0.15, 0.2) is 30.3 Å². The first-order valence-electron chi connectivity index (χ1n) is 9.01. The highest BCUT2D eigenvalue weighted by Gasteiger charge is 2.46. The maximum Gasteiger partial charge on any atom is 0.307 e. The Kier molecular flexibility index (Phi) is 6.64. The van der Waals surface area contributed by atoms with Gasteiger partial charge in [0, 0.05) is 26.2 Å². The predicted octanol–water partition coefficient (Wildman–Crippen LogP) is 0.897. The van der Waals surface area contributed by atoms with Gasteiger partial charge in [-0.05, 0) is 32.9 Å². The molecule has 1 aromatic carbocycles. The topological polar surface area (TPSA) is 95.0 Å². The fourth-order valence-corrected chi connectivity index (χ4v) is 4.71. The van der Waals surface area contributed by atoms with Crippen molar-refractivity contribution < 1.29 is 23.1 Å². The monoisotopic (exact) mass is 396 g/mol. The predicted molar refractivity (Wildman–Crippen MR) is 103 cm³/mol. The number of hydrogen-bond donors (Lipinski definition) is 1. The van der Waals surface area contributed by atoms with Gasteiger partial charge in [-0.15, -0.1) is 0 Å². The van der Waals surface area contributed by atoms with Crippen molar-refractivity contribution in [3.05, 3.63) is 35.9 Å². The molecule has 1 saturated heterocycles. The standard InChI is InChI=1S/C19H28N2O5S/c1-19(2,18(24)21-11-9-20(3)10-12-21)27(25,26)14-16(17(22)23)13-15-7-5-4-6-8-15/h4-8,16H,9-14H2,1-3H3,(H,22,23)/t16-/m1/s1. The molecule has 0 bridgehead atoms. The molecule has 1 aliphatic rings. The summed E-state index contributed by atoms with van der Waals surface area (Å²) in [5, 5.41) is 9.51. The highest BCUT2D eigenvalue weighted by Crippen LogP contribution is 2.25. The molecule has 0 saturated carbocycles. The Morgan fingerprint density at radius 1 is 1.11 bits per heavy atom. The lowest BCUT2D eigenvalue weighted by Gasteiger charge is -2.37. The van der Waals surface area contributed by atoms with Gasteiger partial charge in [0.2, 0.25) is 5.91 Å². The summed E-state index contributed by atoms with van der Waals surface area (Å²) in [6, 6.07) is 8.91. The van der Waals surface area contributed by atoms with Gasteiger partial charge < -0.3 is 14.9 Å².